The summed E-state index contributed by atoms with van der Waals surface area (Å²) in [6.45, 7) is 14.8. The fourth-order valence-corrected chi connectivity index (χ4v) is 4.03. The number of carbonyl (C=O) groups excluding carboxylic acids is 2. The molecule has 0 aliphatic carbocycles. The van der Waals surface area contributed by atoms with Crippen LogP contribution in [0.3, 0.4) is 0 Å². The smallest absolute Gasteiger partial charge is 0.327 e. The van der Waals surface area contributed by atoms with E-state index in [2.05, 4.69) is 80.9 Å². The van der Waals surface area contributed by atoms with Crippen LogP contribution in [-0.2, 0) is 19.7 Å². The van der Waals surface area contributed by atoms with Crippen LogP contribution < -0.4 is 14.2 Å². The highest BCUT2D eigenvalue weighted by Gasteiger charge is 2.26. The van der Waals surface area contributed by atoms with Gasteiger partial charge in [-0.2, -0.15) is 0 Å². The van der Waals surface area contributed by atoms with Crippen LogP contribution >= 0.6 is 15.9 Å². The van der Waals surface area contributed by atoms with Crippen molar-refractivity contribution in [2.45, 2.75) is 83.9 Å². The lowest BCUT2D eigenvalue weighted by atomic mass is 9.82. The van der Waals surface area contributed by atoms with Crippen LogP contribution in [-0.4, -0.2) is 37.1 Å². The lowest BCUT2D eigenvalue weighted by Gasteiger charge is -2.26. The highest BCUT2D eigenvalue weighted by atomic mass is 79.9. The van der Waals surface area contributed by atoms with Gasteiger partial charge in [-0.15, -0.1) is 0 Å². The van der Waals surface area contributed by atoms with Crippen LogP contribution in [0.1, 0.15) is 90.8 Å². The van der Waals surface area contributed by atoms with Crippen molar-refractivity contribution >= 4 is 40.0 Å². The molecule has 0 unspecified atom stereocenters. The van der Waals surface area contributed by atoms with Gasteiger partial charge in [0.25, 0.3) is 0 Å². The molecule has 0 aliphatic rings. The summed E-state index contributed by atoms with van der Waals surface area (Å²) in [6, 6.07) is 11.5. The molecule has 0 saturated heterocycles. The van der Waals surface area contributed by atoms with E-state index >= 15 is 0 Å². The quantitative estimate of drug-likeness (QED) is 0.0886. The molecule has 2 aromatic carbocycles. The zero-order valence-corrected chi connectivity index (χ0v) is 28.2. The second-order valence-electron chi connectivity index (χ2n) is 12.5. The SMILES string of the molecule is COC(=O)CCCCCOc1cc(C(C)(C)/C=C/c2ccc(OC(=O)C(C)(C)Br)cc2)c(OC)cc1/C=C/C(C)(C)C. The molecule has 6 nitrogen and oxygen atoms in total. The first-order valence-electron chi connectivity index (χ1n) is 14.4. The molecule has 42 heavy (non-hydrogen) atoms. The van der Waals surface area contributed by atoms with Gasteiger partial charge in [-0.1, -0.05) is 87.0 Å². The van der Waals surface area contributed by atoms with E-state index in [4.69, 9.17) is 18.9 Å². The Bertz CT molecular complexity index is 1240. The molecule has 230 valence electrons. The minimum atomic E-state index is -0.750. The number of hydrogen-bond acceptors (Lipinski definition) is 6. The van der Waals surface area contributed by atoms with Crippen molar-refractivity contribution in [3.63, 3.8) is 0 Å². The summed E-state index contributed by atoms with van der Waals surface area (Å²) in [5.41, 5.74) is 2.56. The fraction of sp³-hybridized carbons (Fsp3) is 0.486. The van der Waals surface area contributed by atoms with Crippen molar-refractivity contribution in [3.05, 3.63) is 65.2 Å². The van der Waals surface area contributed by atoms with E-state index < -0.39 is 4.32 Å². The zero-order valence-electron chi connectivity index (χ0n) is 26.6. The van der Waals surface area contributed by atoms with Gasteiger partial charge in [0.15, 0.2) is 0 Å². The Hall–Kier alpha value is -3.06. The first kappa shape index (κ1) is 35.1. The van der Waals surface area contributed by atoms with Crippen molar-refractivity contribution in [3.8, 4) is 17.2 Å². The Morgan fingerprint density at radius 3 is 2.07 bits per heavy atom. The maximum absolute atomic E-state index is 12.2. The summed E-state index contributed by atoms with van der Waals surface area (Å²) in [5, 5.41) is 0. The largest absolute Gasteiger partial charge is 0.496 e. The molecule has 0 bridgehead atoms. The number of esters is 2. The maximum atomic E-state index is 12.2. The second kappa shape index (κ2) is 15.4. The van der Waals surface area contributed by atoms with E-state index in [0.717, 1.165) is 47.5 Å². The Morgan fingerprint density at radius 1 is 0.833 bits per heavy atom. The minimum absolute atomic E-state index is 0.0113. The van der Waals surface area contributed by atoms with Crippen LogP contribution in [0.15, 0.2) is 48.6 Å². The van der Waals surface area contributed by atoms with E-state index in [0.29, 0.717) is 18.8 Å². The first-order valence-corrected chi connectivity index (χ1v) is 15.2. The summed E-state index contributed by atoms with van der Waals surface area (Å²) in [5.74, 6) is 1.54. The van der Waals surface area contributed by atoms with Gasteiger partial charge in [0.1, 0.15) is 21.6 Å². The van der Waals surface area contributed by atoms with Crippen molar-refractivity contribution in [1.82, 2.24) is 0 Å². The highest BCUT2D eigenvalue weighted by Crippen LogP contribution is 2.39. The molecular formula is C35H47BrO6. The average molecular weight is 644 g/mol. The molecule has 7 heteroatoms. The Morgan fingerprint density at radius 2 is 1.50 bits per heavy atom. The van der Waals surface area contributed by atoms with Crippen molar-refractivity contribution < 1.29 is 28.5 Å². The predicted octanol–water partition coefficient (Wildman–Crippen LogP) is 8.94. The first-order chi connectivity index (χ1) is 19.6. The molecule has 0 amide bonds. The molecule has 2 rings (SSSR count). The van der Waals surface area contributed by atoms with Crippen LogP contribution in [0.2, 0.25) is 0 Å². The molecular weight excluding hydrogens is 596 g/mol. The van der Waals surface area contributed by atoms with E-state index in [-0.39, 0.29) is 22.8 Å². The van der Waals surface area contributed by atoms with Gasteiger partial charge in [0, 0.05) is 23.0 Å². The number of carbonyl (C=O) groups is 2. The van der Waals surface area contributed by atoms with Gasteiger partial charge >= 0.3 is 11.9 Å². The van der Waals surface area contributed by atoms with Gasteiger partial charge < -0.3 is 18.9 Å². The number of hydrogen-bond donors (Lipinski definition) is 0. The summed E-state index contributed by atoms with van der Waals surface area (Å²) in [4.78, 5) is 23.5. The van der Waals surface area contributed by atoms with Gasteiger partial charge in [-0.05, 0) is 68.4 Å². The summed E-state index contributed by atoms with van der Waals surface area (Å²) in [6.07, 6.45) is 11.3. The van der Waals surface area contributed by atoms with Crippen molar-refractivity contribution in [1.29, 1.82) is 0 Å². The predicted molar refractivity (Wildman–Crippen MR) is 175 cm³/mol. The van der Waals surface area contributed by atoms with Gasteiger partial charge in [0.05, 0.1) is 20.8 Å². The van der Waals surface area contributed by atoms with E-state index in [1.807, 2.05) is 18.2 Å². The van der Waals surface area contributed by atoms with Gasteiger partial charge in [-0.3, -0.25) is 9.59 Å². The summed E-state index contributed by atoms with van der Waals surface area (Å²) in [7, 11) is 3.10. The lowest BCUT2D eigenvalue weighted by molar-refractivity contribution is -0.140. The third-order valence-corrected chi connectivity index (χ3v) is 6.89. The number of halogens is 1. The topological polar surface area (TPSA) is 71.1 Å². The maximum Gasteiger partial charge on any atom is 0.327 e. The summed E-state index contributed by atoms with van der Waals surface area (Å²) >= 11 is 3.33. The average Bonchev–Trinajstić information content (AvgIpc) is 2.92. The van der Waals surface area contributed by atoms with Crippen molar-refractivity contribution in [2.75, 3.05) is 20.8 Å². The van der Waals surface area contributed by atoms with Gasteiger partial charge in [-0.25, -0.2) is 0 Å². The van der Waals surface area contributed by atoms with E-state index in [9.17, 15) is 9.59 Å². The number of rotatable bonds is 14. The number of allylic oxidation sites excluding steroid dienone is 2. The molecule has 2 aromatic rings. The number of benzene rings is 2. The minimum Gasteiger partial charge on any atom is -0.496 e. The third-order valence-electron chi connectivity index (χ3n) is 6.57. The Balaban J connectivity index is 2.29. The number of methoxy groups -OCH3 is 2. The van der Waals surface area contributed by atoms with Crippen LogP contribution in [0.25, 0.3) is 12.2 Å². The van der Waals surface area contributed by atoms with Gasteiger partial charge in [0.2, 0.25) is 0 Å². The molecule has 0 atom stereocenters. The molecule has 0 spiro atoms. The van der Waals surface area contributed by atoms with Crippen molar-refractivity contribution in [2.24, 2.45) is 5.41 Å². The number of unbranched alkanes of at least 4 members (excludes halogenated alkanes) is 2. The second-order valence-corrected chi connectivity index (χ2v) is 14.5. The van der Waals surface area contributed by atoms with Crippen LogP contribution in [0.4, 0.5) is 0 Å². The number of ether oxygens (including phenoxy) is 4. The number of alkyl halides is 1. The monoisotopic (exact) mass is 642 g/mol. The van der Waals surface area contributed by atoms with E-state index in [1.54, 1.807) is 33.1 Å². The molecule has 0 fully saturated rings. The Kier molecular flexibility index (Phi) is 12.9. The van der Waals surface area contributed by atoms with E-state index in [1.165, 1.54) is 7.11 Å². The lowest BCUT2D eigenvalue weighted by Crippen LogP contribution is -2.29. The fourth-order valence-electron chi connectivity index (χ4n) is 3.95. The third kappa shape index (κ3) is 11.7. The Labute approximate surface area is 260 Å². The van der Waals surface area contributed by atoms with Crippen LogP contribution in [0.5, 0.6) is 17.2 Å². The summed E-state index contributed by atoms with van der Waals surface area (Å²) < 4.78 is 21.6. The molecule has 0 N–H and O–H groups in total. The molecule has 0 aliphatic heterocycles. The molecule has 0 heterocycles. The van der Waals surface area contributed by atoms with Crippen LogP contribution in [0, 0.1) is 5.41 Å². The molecule has 0 saturated carbocycles. The highest BCUT2D eigenvalue weighted by molar-refractivity contribution is 9.10. The standard InChI is InChI=1S/C35H47BrO6/c1-33(2,3)20-19-26-23-30(39-8)28(24-29(26)41-22-12-10-11-13-31(37)40-9)34(4,5)21-18-25-14-16-27(17-15-25)42-32(38)35(6,7)36/h14-21,23-24H,10-13,22H2,1-9H3/b20-19+,21-18+. The molecule has 0 radical (unpaired) electrons. The zero-order chi connectivity index (χ0) is 31.6. The molecule has 0 aromatic heterocycles. The normalized spacial score (nSPS) is 12.5.